The lowest BCUT2D eigenvalue weighted by Crippen LogP contribution is -2.30. The number of benzene rings is 1. The highest BCUT2D eigenvalue weighted by Gasteiger charge is 2.34. The number of rotatable bonds is 5. The second-order valence-corrected chi connectivity index (χ2v) is 5.86. The van der Waals surface area contributed by atoms with Gasteiger partial charge in [0, 0.05) is 30.2 Å². The first kappa shape index (κ1) is 15.2. The van der Waals surface area contributed by atoms with Crippen LogP contribution in [0.5, 0.6) is 0 Å². The predicted molar refractivity (Wildman–Crippen MR) is 84.4 cm³/mol. The summed E-state index contributed by atoms with van der Waals surface area (Å²) in [7, 11) is 1.60. The number of hydrogen-bond donors (Lipinski definition) is 1. The van der Waals surface area contributed by atoms with Gasteiger partial charge in [-0.1, -0.05) is 12.1 Å². The maximum Gasteiger partial charge on any atom is 0.229 e. The highest BCUT2D eigenvalue weighted by molar-refractivity contribution is 14.1. The van der Waals surface area contributed by atoms with E-state index in [1.165, 1.54) is 0 Å². The van der Waals surface area contributed by atoms with Gasteiger partial charge < -0.3 is 15.0 Å². The first-order valence-corrected chi connectivity index (χ1v) is 7.52. The Hall–Kier alpha value is -1.15. The summed E-state index contributed by atoms with van der Waals surface area (Å²) in [6, 6.07) is 7.59. The lowest BCUT2D eigenvalue weighted by Gasteiger charge is -2.16. The fourth-order valence-electron chi connectivity index (χ4n) is 2.16. The Bertz CT molecular complexity index is 507. The number of hydrogen-bond acceptors (Lipinski definition) is 3. The zero-order valence-corrected chi connectivity index (χ0v) is 13.4. The van der Waals surface area contributed by atoms with Gasteiger partial charge in [0.2, 0.25) is 11.8 Å². The lowest BCUT2D eigenvalue weighted by atomic mass is 10.1. The minimum absolute atomic E-state index is 0.0185. The average Bonchev–Trinajstić information content (AvgIpc) is 2.80. The number of halogens is 1. The molecule has 1 N–H and O–H groups in total. The molecular weight excluding hydrogens is 371 g/mol. The molecule has 0 aromatic heterocycles. The molecule has 0 saturated carbocycles. The van der Waals surface area contributed by atoms with Gasteiger partial charge in [0.15, 0.2) is 0 Å². The van der Waals surface area contributed by atoms with E-state index in [-0.39, 0.29) is 24.2 Å². The van der Waals surface area contributed by atoms with Gasteiger partial charge in [-0.25, -0.2) is 0 Å². The molecule has 1 unspecified atom stereocenters. The van der Waals surface area contributed by atoms with Crippen molar-refractivity contribution in [2.24, 2.45) is 5.92 Å². The Morgan fingerprint density at radius 1 is 1.50 bits per heavy atom. The summed E-state index contributed by atoms with van der Waals surface area (Å²) in [6.07, 6.45) is 0.277. The Morgan fingerprint density at radius 2 is 2.25 bits per heavy atom. The van der Waals surface area contributed by atoms with Crippen molar-refractivity contribution >= 4 is 40.1 Å². The third-order valence-electron chi connectivity index (χ3n) is 3.28. The van der Waals surface area contributed by atoms with Crippen molar-refractivity contribution in [3.8, 4) is 0 Å². The quantitative estimate of drug-likeness (QED) is 0.782. The van der Waals surface area contributed by atoms with Crippen molar-refractivity contribution in [2.75, 3.05) is 32.1 Å². The van der Waals surface area contributed by atoms with E-state index in [0.29, 0.717) is 19.7 Å². The van der Waals surface area contributed by atoms with E-state index in [2.05, 4.69) is 27.9 Å². The zero-order chi connectivity index (χ0) is 14.5. The second-order valence-electron chi connectivity index (χ2n) is 4.70. The monoisotopic (exact) mass is 388 g/mol. The topological polar surface area (TPSA) is 58.6 Å². The molecule has 2 amide bonds. The number of likely N-dealkylation sites (tertiary alicyclic amines) is 1. The van der Waals surface area contributed by atoms with Gasteiger partial charge in [0.25, 0.3) is 0 Å². The van der Waals surface area contributed by atoms with Crippen LogP contribution in [0.3, 0.4) is 0 Å². The molecule has 20 heavy (non-hydrogen) atoms. The number of para-hydroxylation sites is 1. The molecule has 2 rings (SSSR count). The number of methoxy groups -OCH3 is 1. The smallest absolute Gasteiger partial charge is 0.229 e. The molecule has 108 valence electrons. The Labute approximate surface area is 131 Å². The molecule has 1 aromatic carbocycles. The number of carbonyl (C=O) groups is 2. The summed E-state index contributed by atoms with van der Waals surface area (Å²) in [5, 5.41) is 2.89. The van der Waals surface area contributed by atoms with Crippen LogP contribution in [0.25, 0.3) is 0 Å². The first-order chi connectivity index (χ1) is 9.61. The van der Waals surface area contributed by atoms with Crippen LogP contribution in [0.2, 0.25) is 0 Å². The van der Waals surface area contributed by atoms with Gasteiger partial charge >= 0.3 is 0 Å². The van der Waals surface area contributed by atoms with E-state index < -0.39 is 0 Å². The van der Waals surface area contributed by atoms with Crippen molar-refractivity contribution in [3.05, 3.63) is 27.8 Å². The van der Waals surface area contributed by atoms with Gasteiger partial charge in [0.05, 0.1) is 18.2 Å². The van der Waals surface area contributed by atoms with Crippen LogP contribution in [0.4, 0.5) is 5.69 Å². The molecule has 5 nitrogen and oxygen atoms in total. The third kappa shape index (κ3) is 3.69. The molecular formula is C14H17IN2O3. The van der Waals surface area contributed by atoms with Crippen molar-refractivity contribution in [1.29, 1.82) is 0 Å². The highest BCUT2D eigenvalue weighted by Crippen LogP contribution is 2.22. The molecule has 1 atom stereocenters. The Kier molecular flexibility index (Phi) is 5.36. The summed E-state index contributed by atoms with van der Waals surface area (Å²) in [5.74, 6) is -0.359. The summed E-state index contributed by atoms with van der Waals surface area (Å²) in [6.45, 7) is 1.51. The van der Waals surface area contributed by atoms with Crippen molar-refractivity contribution in [1.82, 2.24) is 4.90 Å². The van der Waals surface area contributed by atoms with Gasteiger partial charge in [-0.2, -0.15) is 0 Å². The van der Waals surface area contributed by atoms with E-state index in [1.807, 2.05) is 24.3 Å². The Morgan fingerprint density at radius 3 is 2.95 bits per heavy atom. The summed E-state index contributed by atoms with van der Waals surface area (Å²) in [4.78, 5) is 25.7. The standard InChI is InChI=1S/C14H17IN2O3/c1-20-7-6-17-9-10(8-13(17)18)14(19)16-12-5-3-2-4-11(12)15/h2-5,10H,6-9H2,1H3,(H,16,19). The van der Waals surface area contributed by atoms with Crippen LogP contribution in [-0.4, -0.2) is 43.5 Å². The summed E-state index contributed by atoms with van der Waals surface area (Å²) >= 11 is 2.17. The summed E-state index contributed by atoms with van der Waals surface area (Å²) in [5.41, 5.74) is 0.792. The minimum Gasteiger partial charge on any atom is -0.383 e. The van der Waals surface area contributed by atoms with Crippen molar-refractivity contribution < 1.29 is 14.3 Å². The Balaban J connectivity index is 1.94. The summed E-state index contributed by atoms with van der Waals surface area (Å²) < 4.78 is 5.95. The van der Waals surface area contributed by atoms with E-state index in [9.17, 15) is 9.59 Å². The van der Waals surface area contributed by atoms with Crippen LogP contribution in [0.1, 0.15) is 6.42 Å². The van der Waals surface area contributed by atoms with Gasteiger partial charge in [-0.05, 0) is 34.7 Å². The number of anilines is 1. The van der Waals surface area contributed by atoms with Crippen LogP contribution in [0.15, 0.2) is 24.3 Å². The molecule has 1 heterocycles. The highest BCUT2D eigenvalue weighted by atomic mass is 127. The van der Waals surface area contributed by atoms with Crippen LogP contribution in [-0.2, 0) is 14.3 Å². The number of carbonyl (C=O) groups excluding carboxylic acids is 2. The SMILES string of the molecule is COCCN1CC(C(=O)Nc2ccccc2I)CC1=O. The molecule has 1 saturated heterocycles. The second kappa shape index (κ2) is 7.03. The molecule has 0 aliphatic carbocycles. The molecule has 0 bridgehead atoms. The molecule has 1 aliphatic heterocycles. The molecule has 1 aromatic rings. The van der Waals surface area contributed by atoms with E-state index in [0.717, 1.165) is 9.26 Å². The van der Waals surface area contributed by atoms with E-state index in [1.54, 1.807) is 12.0 Å². The number of nitrogens with zero attached hydrogens (tertiary/aromatic N) is 1. The van der Waals surface area contributed by atoms with E-state index >= 15 is 0 Å². The largest absolute Gasteiger partial charge is 0.383 e. The van der Waals surface area contributed by atoms with Crippen LogP contribution in [0, 0.1) is 9.49 Å². The molecule has 0 spiro atoms. The van der Waals surface area contributed by atoms with Crippen LogP contribution >= 0.6 is 22.6 Å². The first-order valence-electron chi connectivity index (χ1n) is 6.44. The molecule has 6 heteroatoms. The molecule has 0 radical (unpaired) electrons. The maximum absolute atomic E-state index is 12.2. The zero-order valence-electron chi connectivity index (χ0n) is 11.3. The predicted octanol–water partition coefficient (Wildman–Crippen LogP) is 1.72. The van der Waals surface area contributed by atoms with Crippen LogP contribution < -0.4 is 5.32 Å². The number of ether oxygens (including phenoxy) is 1. The van der Waals surface area contributed by atoms with E-state index in [4.69, 9.17) is 4.74 Å². The molecule has 1 aliphatic rings. The normalized spacial score (nSPS) is 18.4. The fraction of sp³-hybridized carbons (Fsp3) is 0.429. The van der Waals surface area contributed by atoms with Gasteiger partial charge in [-0.15, -0.1) is 0 Å². The maximum atomic E-state index is 12.2. The van der Waals surface area contributed by atoms with Gasteiger partial charge in [-0.3, -0.25) is 9.59 Å². The fourth-order valence-corrected chi connectivity index (χ4v) is 2.68. The number of amides is 2. The van der Waals surface area contributed by atoms with Crippen molar-refractivity contribution in [2.45, 2.75) is 6.42 Å². The molecule has 1 fully saturated rings. The van der Waals surface area contributed by atoms with Crippen molar-refractivity contribution in [3.63, 3.8) is 0 Å². The minimum atomic E-state index is -0.282. The number of nitrogens with one attached hydrogen (secondary N) is 1. The average molecular weight is 388 g/mol. The third-order valence-corrected chi connectivity index (χ3v) is 4.22. The lowest BCUT2D eigenvalue weighted by molar-refractivity contribution is -0.128. The van der Waals surface area contributed by atoms with Gasteiger partial charge in [0.1, 0.15) is 0 Å².